The Kier molecular flexibility index (Phi) is 2.29. The molecule has 2 aromatic rings. The number of aromatic carboxylic acids is 1. The largest absolute Gasteiger partial charge is 0.478 e. The molecule has 17 heavy (non-hydrogen) atoms. The van der Waals surface area contributed by atoms with Gasteiger partial charge in [-0.25, -0.2) is 14.8 Å². The van der Waals surface area contributed by atoms with Crippen LogP contribution in [0.15, 0.2) is 12.3 Å². The highest BCUT2D eigenvalue weighted by Gasteiger charge is 2.22. The predicted octanol–water partition coefficient (Wildman–Crippen LogP) is 1.16. The number of ether oxygens (including phenoxy) is 1. The molecule has 0 amide bonds. The minimum absolute atomic E-state index is 0.202. The van der Waals surface area contributed by atoms with Crippen molar-refractivity contribution in [2.45, 2.75) is 12.3 Å². The van der Waals surface area contributed by atoms with Gasteiger partial charge in [-0.3, -0.25) is 0 Å². The highest BCUT2D eigenvalue weighted by molar-refractivity contribution is 5.99. The molecule has 88 valence electrons. The van der Waals surface area contributed by atoms with Gasteiger partial charge in [0.05, 0.1) is 17.7 Å². The summed E-state index contributed by atoms with van der Waals surface area (Å²) in [5.74, 6) is -0.000170. The monoisotopic (exact) mass is 233 g/mol. The number of carbonyl (C=O) groups is 1. The molecule has 1 unspecified atom stereocenters. The van der Waals surface area contributed by atoms with E-state index in [0.717, 1.165) is 18.9 Å². The number of hydrogen-bond acceptors (Lipinski definition) is 4. The zero-order valence-electron chi connectivity index (χ0n) is 9.01. The van der Waals surface area contributed by atoms with Crippen LogP contribution < -0.4 is 0 Å². The topological polar surface area (TPSA) is 88.1 Å². The molecule has 0 aromatic carbocycles. The maximum absolute atomic E-state index is 11.0. The molecule has 1 aliphatic heterocycles. The van der Waals surface area contributed by atoms with Gasteiger partial charge in [0.15, 0.2) is 5.65 Å². The lowest BCUT2D eigenvalue weighted by atomic mass is 10.1. The van der Waals surface area contributed by atoms with Crippen LogP contribution in [-0.4, -0.2) is 39.2 Å². The van der Waals surface area contributed by atoms with E-state index in [1.807, 2.05) is 0 Å². The van der Waals surface area contributed by atoms with Gasteiger partial charge >= 0.3 is 5.97 Å². The molecular formula is C11H11N3O3. The fraction of sp³-hybridized carbons (Fsp3) is 0.364. The van der Waals surface area contributed by atoms with E-state index in [2.05, 4.69) is 15.0 Å². The summed E-state index contributed by atoms with van der Waals surface area (Å²) in [5, 5.41) is 9.06. The predicted molar refractivity (Wildman–Crippen MR) is 59.0 cm³/mol. The molecule has 0 bridgehead atoms. The Balaban J connectivity index is 2.11. The number of pyridine rings is 1. The molecule has 3 rings (SSSR count). The number of fused-ring (bicyclic) bond motifs is 1. The third-order valence-corrected chi connectivity index (χ3v) is 2.96. The number of nitrogens with zero attached hydrogens (tertiary/aromatic N) is 2. The molecule has 0 aliphatic carbocycles. The van der Waals surface area contributed by atoms with Crippen molar-refractivity contribution in [1.82, 2.24) is 15.0 Å². The Morgan fingerprint density at radius 3 is 3.18 bits per heavy atom. The SMILES string of the molecule is O=C(O)c1ccnc2nc(C3CCOC3)[nH]c12. The molecule has 1 aliphatic rings. The Morgan fingerprint density at radius 2 is 2.47 bits per heavy atom. The van der Waals surface area contributed by atoms with Crippen molar-refractivity contribution in [2.24, 2.45) is 0 Å². The number of aromatic nitrogens is 3. The van der Waals surface area contributed by atoms with Gasteiger partial charge in [0, 0.05) is 18.7 Å². The molecule has 0 radical (unpaired) electrons. The Morgan fingerprint density at radius 1 is 1.59 bits per heavy atom. The molecule has 1 fully saturated rings. The van der Waals surface area contributed by atoms with E-state index in [0.29, 0.717) is 17.8 Å². The number of nitrogens with one attached hydrogen (secondary N) is 1. The first kappa shape index (κ1) is 10.2. The number of imidazole rings is 1. The van der Waals surface area contributed by atoms with Gasteiger partial charge in [-0.05, 0) is 12.5 Å². The van der Waals surface area contributed by atoms with Crippen LogP contribution in [0.3, 0.4) is 0 Å². The van der Waals surface area contributed by atoms with Crippen LogP contribution in [0.1, 0.15) is 28.5 Å². The van der Waals surface area contributed by atoms with Gasteiger partial charge in [0.2, 0.25) is 0 Å². The van der Waals surface area contributed by atoms with Crippen molar-refractivity contribution < 1.29 is 14.6 Å². The van der Waals surface area contributed by atoms with Gasteiger partial charge < -0.3 is 14.8 Å². The highest BCUT2D eigenvalue weighted by Crippen LogP contribution is 2.25. The summed E-state index contributed by atoms with van der Waals surface area (Å²) in [4.78, 5) is 22.5. The van der Waals surface area contributed by atoms with E-state index >= 15 is 0 Å². The van der Waals surface area contributed by atoms with Crippen LogP contribution >= 0.6 is 0 Å². The van der Waals surface area contributed by atoms with Crippen LogP contribution in [0, 0.1) is 0 Å². The second-order valence-electron chi connectivity index (χ2n) is 4.04. The summed E-state index contributed by atoms with van der Waals surface area (Å²) < 4.78 is 5.29. The van der Waals surface area contributed by atoms with Crippen molar-refractivity contribution in [1.29, 1.82) is 0 Å². The average Bonchev–Trinajstić information content (AvgIpc) is 2.96. The van der Waals surface area contributed by atoms with Gasteiger partial charge in [0.1, 0.15) is 5.82 Å². The van der Waals surface area contributed by atoms with Crippen LogP contribution in [-0.2, 0) is 4.74 Å². The molecule has 0 spiro atoms. The number of aromatic amines is 1. The third kappa shape index (κ3) is 1.66. The number of hydrogen-bond donors (Lipinski definition) is 2. The molecule has 3 heterocycles. The number of carboxylic acids is 1. The molecule has 1 atom stereocenters. The maximum Gasteiger partial charge on any atom is 0.338 e. The highest BCUT2D eigenvalue weighted by atomic mass is 16.5. The number of carboxylic acid groups (broad SMARTS) is 1. The summed E-state index contributed by atoms with van der Waals surface area (Å²) >= 11 is 0. The van der Waals surface area contributed by atoms with Crippen molar-refractivity contribution in [3.8, 4) is 0 Å². The second kappa shape index (κ2) is 3.81. The summed E-state index contributed by atoms with van der Waals surface area (Å²) in [6.07, 6.45) is 2.36. The standard InChI is InChI=1S/C11H11N3O3/c15-11(16)7-1-3-12-10-8(7)13-9(14-10)6-2-4-17-5-6/h1,3,6H,2,4-5H2,(H,15,16)(H,12,13,14). The zero-order valence-corrected chi connectivity index (χ0v) is 9.01. The van der Waals surface area contributed by atoms with E-state index in [1.165, 1.54) is 12.3 Å². The first-order chi connectivity index (χ1) is 8.25. The van der Waals surface area contributed by atoms with Crippen LogP contribution in [0.25, 0.3) is 11.2 Å². The van der Waals surface area contributed by atoms with Crippen LogP contribution in [0.4, 0.5) is 0 Å². The molecule has 6 nitrogen and oxygen atoms in total. The van der Waals surface area contributed by atoms with E-state index in [-0.39, 0.29) is 11.5 Å². The Hall–Kier alpha value is -1.95. The summed E-state index contributed by atoms with van der Waals surface area (Å²) in [5.41, 5.74) is 1.14. The summed E-state index contributed by atoms with van der Waals surface area (Å²) in [6, 6.07) is 1.47. The second-order valence-corrected chi connectivity index (χ2v) is 4.04. The fourth-order valence-corrected chi connectivity index (χ4v) is 2.05. The molecular weight excluding hydrogens is 222 g/mol. The van der Waals surface area contributed by atoms with Gasteiger partial charge in [-0.2, -0.15) is 0 Å². The van der Waals surface area contributed by atoms with E-state index in [1.54, 1.807) is 0 Å². The lowest BCUT2D eigenvalue weighted by Gasteiger charge is -2.00. The van der Waals surface area contributed by atoms with E-state index in [4.69, 9.17) is 9.84 Å². The Bertz CT molecular complexity index is 572. The van der Waals surface area contributed by atoms with Crippen LogP contribution in [0.2, 0.25) is 0 Å². The van der Waals surface area contributed by atoms with E-state index < -0.39 is 5.97 Å². The van der Waals surface area contributed by atoms with Crippen molar-refractivity contribution in [3.05, 3.63) is 23.7 Å². The van der Waals surface area contributed by atoms with Crippen LogP contribution in [0.5, 0.6) is 0 Å². The van der Waals surface area contributed by atoms with Crippen molar-refractivity contribution >= 4 is 17.1 Å². The third-order valence-electron chi connectivity index (χ3n) is 2.96. The minimum Gasteiger partial charge on any atom is -0.478 e. The van der Waals surface area contributed by atoms with Gasteiger partial charge in [-0.1, -0.05) is 0 Å². The maximum atomic E-state index is 11.0. The summed E-state index contributed by atoms with van der Waals surface area (Å²) in [7, 11) is 0. The average molecular weight is 233 g/mol. The first-order valence-electron chi connectivity index (χ1n) is 5.41. The number of rotatable bonds is 2. The first-order valence-corrected chi connectivity index (χ1v) is 5.41. The zero-order chi connectivity index (χ0) is 11.8. The minimum atomic E-state index is -0.977. The lowest BCUT2D eigenvalue weighted by molar-refractivity contribution is 0.0698. The quantitative estimate of drug-likeness (QED) is 0.812. The lowest BCUT2D eigenvalue weighted by Crippen LogP contribution is -2.00. The summed E-state index contributed by atoms with van der Waals surface area (Å²) in [6.45, 7) is 1.35. The Labute approximate surface area is 96.6 Å². The van der Waals surface area contributed by atoms with Crippen molar-refractivity contribution in [2.75, 3.05) is 13.2 Å². The van der Waals surface area contributed by atoms with E-state index in [9.17, 15) is 4.79 Å². The van der Waals surface area contributed by atoms with Gasteiger partial charge in [0.25, 0.3) is 0 Å². The molecule has 2 N–H and O–H groups in total. The van der Waals surface area contributed by atoms with Crippen molar-refractivity contribution in [3.63, 3.8) is 0 Å². The molecule has 1 saturated heterocycles. The fourth-order valence-electron chi connectivity index (χ4n) is 2.05. The molecule has 2 aromatic heterocycles. The molecule has 0 saturated carbocycles. The normalized spacial score (nSPS) is 19.9. The smallest absolute Gasteiger partial charge is 0.338 e. The van der Waals surface area contributed by atoms with Gasteiger partial charge in [-0.15, -0.1) is 0 Å². The number of H-pyrrole nitrogens is 1. The molecule has 6 heteroatoms.